The van der Waals surface area contributed by atoms with Crippen LogP contribution in [0, 0.1) is 23.3 Å². The van der Waals surface area contributed by atoms with Gasteiger partial charge in [-0.1, -0.05) is 17.3 Å². The lowest BCUT2D eigenvalue weighted by atomic mass is 9.88. The first-order valence-corrected chi connectivity index (χ1v) is 9.80. The molecule has 4 rings (SSSR count). The predicted molar refractivity (Wildman–Crippen MR) is 106 cm³/mol. The standard InChI is InChI=1S/C22H18F4N4O3/c1-13(32-9-15-8-20(29-33-15)21-17(24)3-2-4-18(21)25)22(31,10-30-12-27-11-28-30)16-6-5-14(23)7-19(16)26/h2-8,11-13,31H,9-10H2,1H3. The Morgan fingerprint density at radius 3 is 2.52 bits per heavy atom. The van der Waals surface area contributed by atoms with Crippen LogP contribution in [0.15, 0.2) is 59.6 Å². The summed E-state index contributed by atoms with van der Waals surface area (Å²) in [5.41, 5.74) is -2.61. The molecule has 1 N–H and O–H groups in total. The number of halogens is 4. The second-order valence-corrected chi connectivity index (χ2v) is 7.37. The first-order chi connectivity index (χ1) is 15.8. The lowest BCUT2D eigenvalue weighted by Gasteiger charge is -2.34. The van der Waals surface area contributed by atoms with E-state index in [0.29, 0.717) is 6.07 Å². The van der Waals surface area contributed by atoms with E-state index >= 15 is 0 Å². The summed E-state index contributed by atoms with van der Waals surface area (Å²) in [5, 5.41) is 19.0. The normalized spacial score (nSPS) is 14.2. The number of aromatic nitrogens is 4. The van der Waals surface area contributed by atoms with Gasteiger partial charge in [-0.05, 0) is 25.1 Å². The third-order valence-corrected chi connectivity index (χ3v) is 5.19. The Balaban J connectivity index is 1.57. The molecule has 0 radical (unpaired) electrons. The Bertz CT molecular complexity index is 1230. The molecule has 0 saturated carbocycles. The van der Waals surface area contributed by atoms with Crippen LogP contribution < -0.4 is 0 Å². The van der Waals surface area contributed by atoms with Crippen LogP contribution in [-0.4, -0.2) is 31.1 Å². The van der Waals surface area contributed by atoms with Crippen molar-refractivity contribution in [3.05, 3.63) is 89.7 Å². The maximum atomic E-state index is 14.6. The molecule has 172 valence electrons. The van der Waals surface area contributed by atoms with E-state index in [4.69, 9.17) is 9.26 Å². The molecule has 0 bridgehead atoms. The predicted octanol–water partition coefficient (Wildman–Crippen LogP) is 3.98. The molecule has 0 aliphatic rings. The van der Waals surface area contributed by atoms with E-state index in [1.54, 1.807) is 0 Å². The SMILES string of the molecule is CC(OCc1cc(-c2c(F)cccc2F)no1)C(O)(Cn1cncn1)c1ccc(F)cc1F. The van der Waals surface area contributed by atoms with E-state index in [9.17, 15) is 22.7 Å². The Labute approximate surface area is 185 Å². The summed E-state index contributed by atoms with van der Waals surface area (Å²) in [6.45, 7) is 0.971. The van der Waals surface area contributed by atoms with E-state index in [1.807, 2.05) is 0 Å². The molecule has 2 aromatic heterocycles. The molecule has 2 unspecified atom stereocenters. The number of nitrogens with zero attached hydrogens (tertiary/aromatic N) is 4. The van der Waals surface area contributed by atoms with E-state index < -0.39 is 35.0 Å². The number of ether oxygens (including phenoxy) is 1. The number of hydrogen-bond acceptors (Lipinski definition) is 6. The molecule has 0 amide bonds. The minimum Gasteiger partial charge on any atom is -0.380 e. The van der Waals surface area contributed by atoms with Gasteiger partial charge in [-0.25, -0.2) is 27.2 Å². The van der Waals surface area contributed by atoms with Crippen LogP contribution in [0.3, 0.4) is 0 Å². The molecule has 0 spiro atoms. The van der Waals surface area contributed by atoms with Gasteiger partial charge >= 0.3 is 0 Å². The van der Waals surface area contributed by atoms with Crippen LogP contribution in [0.25, 0.3) is 11.3 Å². The van der Waals surface area contributed by atoms with Crippen molar-refractivity contribution >= 4 is 0 Å². The van der Waals surface area contributed by atoms with Gasteiger partial charge in [0, 0.05) is 17.7 Å². The molecule has 11 heteroatoms. The number of hydrogen-bond donors (Lipinski definition) is 1. The summed E-state index contributed by atoms with van der Waals surface area (Å²) in [5.74, 6) is -3.27. The summed E-state index contributed by atoms with van der Waals surface area (Å²) >= 11 is 0. The molecule has 2 heterocycles. The minimum atomic E-state index is -1.98. The van der Waals surface area contributed by atoms with Crippen LogP contribution in [0.2, 0.25) is 0 Å². The molecular weight excluding hydrogens is 444 g/mol. The van der Waals surface area contributed by atoms with E-state index in [1.165, 1.54) is 36.4 Å². The smallest absolute Gasteiger partial charge is 0.163 e. The summed E-state index contributed by atoms with van der Waals surface area (Å²) in [7, 11) is 0. The maximum absolute atomic E-state index is 14.6. The number of aliphatic hydroxyl groups is 1. The molecule has 33 heavy (non-hydrogen) atoms. The third kappa shape index (κ3) is 4.64. The topological polar surface area (TPSA) is 86.2 Å². The molecule has 0 fully saturated rings. The minimum absolute atomic E-state index is 0.0701. The quantitative estimate of drug-likeness (QED) is 0.399. The third-order valence-electron chi connectivity index (χ3n) is 5.19. The fourth-order valence-corrected chi connectivity index (χ4v) is 3.42. The summed E-state index contributed by atoms with van der Waals surface area (Å²) < 4.78 is 68.0. The zero-order valence-electron chi connectivity index (χ0n) is 17.3. The van der Waals surface area contributed by atoms with Gasteiger partial charge in [-0.15, -0.1) is 0 Å². The van der Waals surface area contributed by atoms with Gasteiger partial charge in [0.25, 0.3) is 0 Å². The monoisotopic (exact) mass is 462 g/mol. The molecule has 0 saturated heterocycles. The molecule has 2 aromatic carbocycles. The van der Waals surface area contributed by atoms with Gasteiger partial charge in [0.2, 0.25) is 0 Å². The lowest BCUT2D eigenvalue weighted by Crippen LogP contribution is -2.44. The van der Waals surface area contributed by atoms with Gasteiger partial charge in [-0.3, -0.25) is 0 Å². The fourth-order valence-electron chi connectivity index (χ4n) is 3.42. The zero-order chi connectivity index (χ0) is 23.6. The highest BCUT2D eigenvalue weighted by Crippen LogP contribution is 2.32. The van der Waals surface area contributed by atoms with Crippen LogP contribution in [0.5, 0.6) is 0 Å². The van der Waals surface area contributed by atoms with Crippen molar-refractivity contribution in [1.82, 2.24) is 19.9 Å². The van der Waals surface area contributed by atoms with Gasteiger partial charge in [0.15, 0.2) is 5.76 Å². The Hall–Kier alpha value is -3.57. The average molecular weight is 462 g/mol. The Morgan fingerprint density at radius 2 is 1.85 bits per heavy atom. The highest BCUT2D eigenvalue weighted by Gasteiger charge is 2.40. The lowest BCUT2D eigenvalue weighted by molar-refractivity contribution is -0.126. The van der Waals surface area contributed by atoms with E-state index in [-0.39, 0.29) is 35.7 Å². The van der Waals surface area contributed by atoms with E-state index in [2.05, 4.69) is 15.2 Å². The van der Waals surface area contributed by atoms with Crippen molar-refractivity contribution in [2.45, 2.75) is 31.8 Å². The van der Waals surface area contributed by atoms with Crippen molar-refractivity contribution in [1.29, 1.82) is 0 Å². The van der Waals surface area contributed by atoms with Gasteiger partial charge in [-0.2, -0.15) is 5.10 Å². The first kappa shape index (κ1) is 22.6. The highest BCUT2D eigenvalue weighted by atomic mass is 19.1. The van der Waals surface area contributed by atoms with Crippen molar-refractivity contribution in [2.75, 3.05) is 0 Å². The molecule has 7 nitrogen and oxygen atoms in total. The number of rotatable bonds is 8. The Morgan fingerprint density at radius 1 is 1.09 bits per heavy atom. The summed E-state index contributed by atoms with van der Waals surface area (Å²) in [6, 6.07) is 7.49. The second-order valence-electron chi connectivity index (χ2n) is 7.37. The van der Waals surface area contributed by atoms with Crippen molar-refractivity contribution < 1.29 is 31.9 Å². The highest BCUT2D eigenvalue weighted by molar-refractivity contribution is 5.60. The van der Waals surface area contributed by atoms with Gasteiger partial charge < -0.3 is 14.4 Å². The van der Waals surface area contributed by atoms with Crippen molar-refractivity contribution in [3.63, 3.8) is 0 Å². The molecule has 4 aromatic rings. The largest absolute Gasteiger partial charge is 0.380 e. The number of benzene rings is 2. The van der Waals surface area contributed by atoms with Crippen LogP contribution in [-0.2, 0) is 23.5 Å². The molecular formula is C22H18F4N4O3. The fraction of sp³-hybridized carbons (Fsp3) is 0.227. The van der Waals surface area contributed by atoms with Crippen molar-refractivity contribution in [2.24, 2.45) is 0 Å². The maximum Gasteiger partial charge on any atom is 0.163 e. The van der Waals surface area contributed by atoms with Crippen LogP contribution >= 0.6 is 0 Å². The summed E-state index contributed by atoms with van der Waals surface area (Å²) in [6.07, 6.45) is 1.50. The summed E-state index contributed by atoms with van der Waals surface area (Å²) in [4.78, 5) is 3.80. The van der Waals surface area contributed by atoms with Crippen molar-refractivity contribution in [3.8, 4) is 11.3 Å². The molecule has 0 aliphatic carbocycles. The second kappa shape index (κ2) is 9.12. The Kier molecular flexibility index (Phi) is 6.25. The van der Waals surface area contributed by atoms with Gasteiger partial charge in [0.05, 0.1) is 18.2 Å². The van der Waals surface area contributed by atoms with Gasteiger partial charge in [0.1, 0.15) is 53.8 Å². The average Bonchev–Trinajstić information content (AvgIpc) is 3.44. The van der Waals surface area contributed by atoms with Crippen LogP contribution in [0.4, 0.5) is 17.6 Å². The molecule has 0 aliphatic heterocycles. The zero-order valence-corrected chi connectivity index (χ0v) is 17.3. The van der Waals surface area contributed by atoms with Crippen LogP contribution in [0.1, 0.15) is 18.2 Å². The first-order valence-electron chi connectivity index (χ1n) is 9.80. The van der Waals surface area contributed by atoms with E-state index in [0.717, 1.165) is 24.3 Å². The molecule has 2 atom stereocenters.